The molecule has 0 aliphatic heterocycles. The monoisotopic (exact) mass is 295 g/mol. The van der Waals surface area contributed by atoms with Crippen LogP contribution in [0.4, 0.5) is 0 Å². The Bertz CT molecular complexity index is 553. The third kappa shape index (κ3) is 4.21. The van der Waals surface area contributed by atoms with E-state index in [2.05, 4.69) is 0 Å². The van der Waals surface area contributed by atoms with Gasteiger partial charge in [-0.25, -0.2) is 0 Å². The molecule has 0 N–H and O–H groups in total. The van der Waals surface area contributed by atoms with Crippen LogP contribution in [-0.4, -0.2) is 20.3 Å². The Morgan fingerprint density at radius 1 is 1.35 bits per heavy atom. The molecular formula is C14H18NO4P. The maximum atomic E-state index is 12.5. The number of allylic oxidation sites excluding steroid dienone is 1. The summed E-state index contributed by atoms with van der Waals surface area (Å²) in [6, 6.07) is 8.99. The Morgan fingerprint density at radius 3 is 2.50 bits per heavy atom. The Kier molecular flexibility index (Phi) is 6.47. The van der Waals surface area contributed by atoms with E-state index in [0.29, 0.717) is 11.3 Å². The van der Waals surface area contributed by atoms with Crippen LogP contribution in [0.5, 0.6) is 5.75 Å². The van der Waals surface area contributed by atoms with Crippen molar-refractivity contribution in [1.82, 2.24) is 0 Å². The number of nitrogens with zero attached hydrogens (tertiary/aromatic N) is 1. The lowest BCUT2D eigenvalue weighted by atomic mass is 10.2. The lowest BCUT2D eigenvalue weighted by molar-refractivity contribution is 0.227. The van der Waals surface area contributed by atoms with Gasteiger partial charge in [0, 0.05) is 0 Å². The van der Waals surface area contributed by atoms with E-state index in [-0.39, 0.29) is 18.5 Å². The van der Waals surface area contributed by atoms with E-state index in [0.717, 1.165) is 0 Å². The van der Waals surface area contributed by atoms with Gasteiger partial charge in [-0.3, -0.25) is 4.57 Å². The third-order valence-electron chi connectivity index (χ3n) is 2.40. The molecule has 0 aliphatic carbocycles. The van der Waals surface area contributed by atoms with E-state index in [1.807, 2.05) is 6.07 Å². The molecule has 0 radical (unpaired) electrons. The Hall–Kier alpha value is -1.60. The number of benzene rings is 1. The van der Waals surface area contributed by atoms with Gasteiger partial charge in [0.05, 0.1) is 20.3 Å². The van der Waals surface area contributed by atoms with Crippen molar-refractivity contribution in [3.63, 3.8) is 0 Å². The van der Waals surface area contributed by atoms with Gasteiger partial charge < -0.3 is 13.8 Å². The van der Waals surface area contributed by atoms with E-state index in [9.17, 15) is 9.83 Å². The number of nitriles is 1. The molecule has 1 aromatic carbocycles. The molecule has 0 amide bonds. The largest absolute Gasteiger partial charge is 0.497 e. The number of hydrogen-bond donors (Lipinski definition) is 0. The van der Waals surface area contributed by atoms with Crippen LogP contribution >= 0.6 is 7.60 Å². The number of methoxy groups -OCH3 is 1. The molecule has 1 rings (SSSR count). The summed E-state index contributed by atoms with van der Waals surface area (Å²) in [6.07, 6.45) is 1.49. The molecule has 0 fully saturated rings. The highest BCUT2D eigenvalue weighted by Crippen LogP contribution is 2.56. The van der Waals surface area contributed by atoms with Crippen LogP contribution in [0, 0.1) is 11.3 Å². The second-order valence-corrected chi connectivity index (χ2v) is 5.74. The molecule has 0 aliphatic rings. The van der Waals surface area contributed by atoms with Gasteiger partial charge in [0.1, 0.15) is 17.1 Å². The molecular weight excluding hydrogens is 277 g/mol. The highest BCUT2D eigenvalue weighted by Gasteiger charge is 2.29. The predicted molar refractivity (Wildman–Crippen MR) is 77.4 cm³/mol. The van der Waals surface area contributed by atoms with Crippen LogP contribution in [-0.2, 0) is 13.6 Å². The normalized spacial score (nSPS) is 12.0. The van der Waals surface area contributed by atoms with Gasteiger partial charge in [-0.05, 0) is 37.6 Å². The highest BCUT2D eigenvalue weighted by atomic mass is 31.2. The summed E-state index contributed by atoms with van der Waals surface area (Å²) < 4.78 is 28.0. The van der Waals surface area contributed by atoms with Crippen molar-refractivity contribution in [3.8, 4) is 11.8 Å². The van der Waals surface area contributed by atoms with Gasteiger partial charge >= 0.3 is 7.60 Å². The fourth-order valence-corrected chi connectivity index (χ4v) is 3.04. The molecule has 0 heterocycles. The molecule has 0 saturated carbocycles. The molecule has 0 saturated heterocycles. The SMILES string of the molecule is CCOP(=O)(OCC)/C(C#N)=C\c1cccc(OC)c1. The quantitative estimate of drug-likeness (QED) is 0.565. The Balaban J connectivity index is 3.18. The van der Waals surface area contributed by atoms with Crippen molar-refractivity contribution in [2.75, 3.05) is 20.3 Å². The van der Waals surface area contributed by atoms with Crippen molar-refractivity contribution in [3.05, 3.63) is 35.1 Å². The zero-order valence-corrected chi connectivity index (χ0v) is 12.7. The van der Waals surface area contributed by atoms with Gasteiger partial charge in [0.15, 0.2) is 0 Å². The van der Waals surface area contributed by atoms with Gasteiger partial charge in [-0.15, -0.1) is 0 Å². The smallest absolute Gasteiger partial charge is 0.371 e. The molecule has 0 atom stereocenters. The molecule has 6 heteroatoms. The molecule has 5 nitrogen and oxygen atoms in total. The van der Waals surface area contributed by atoms with Crippen LogP contribution < -0.4 is 4.74 Å². The molecule has 0 unspecified atom stereocenters. The average molecular weight is 295 g/mol. The van der Waals surface area contributed by atoms with Crippen LogP contribution in [0.15, 0.2) is 29.6 Å². The summed E-state index contributed by atoms with van der Waals surface area (Å²) >= 11 is 0. The predicted octanol–water partition coefficient (Wildman–Crippen LogP) is 3.83. The minimum atomic E-state index is -3.56. The first-order chi connectivity index (χ1) is 9.59. The number of rotatable bonds is 7. The fraction of sp³-hybridized carbons (Fsp3) is 0.357. The molecule has 0 aromatic heterocycles. The first-order valence-electron chi connectivity index (χ1n) is 6.25. The van der Waals surface area contributed by atoms with E-state index >= 15 is 0 Å². The second kappa shape index (κ2) is 7.86. The lowest BCUT2D eigenvalue weighted by Crippen LogP contribution is -1.97. The minimum absolute atomic E-state index is 0.0190. The summed E-state index contributed by atoms with van der Waals surface area (Å²) in [5, 5.41) is 9.20. The standard InChI is InChI=1S/C14H18NO4P/c1-4-18-20(16,19-5-2)14(11-15)10-12-7-6-8-13(9-12)17-3/h6-10H,4-5H2,1-3H3/b14-10-. The zero-order chi connectivity index (χ0) is 15.0. The second-order valence-electron chi connectivity index (χ2n) is 3.75. The Morgan fingerprint density at radius 2 is 2.00 bits per heavy atom. The zero-order valence-electron chi connectivity index (χ0n) is 11.8. The van der Waals surface area contributed by atoms with E-state index in [4.69, 9.17) is 13.8 Å². The van der Waals surface area contributed by atoms with Crippen molar-refractivity contribution in [2.45, 2.75) is 13.8 Å². The average Bonchev–Trinajstić information content (AvgIpc) is 2.45. The Labute approximate surface area is 119 Å². The van der Waals surface area contributed by atoms with E-state index in [1.165, 1.54) is 6.08 Å². The minimum Gasteiger partial charge on any atom is -0.497 e. The fourth-order valence-electron chi connectivity index (χ4n) is 1.58. The first kappa shape index (κ1) is 16.5. The molecule has 108 valence electrons. The van der Waals surface area contributed by atoms with E-state index < -0.39 is 7.60 Å². The molecule has 0 spiro atoms. The summed E-state index contributed by atoms with van der Waals surface area (Å²) in [5.74, 6) is 0.652. The number of ether oxygens (including phenoxy) is 1. The third-order valence-corrected chi connectivity index (χ3v) is 4.42. The lowest BCUT2D eigenvalue weighted by Gasteiger charge is -2.15. The van der Waals surface area contributed by atoms with E-state index in [1.54, 1.807) is 45.2 Å². The van der Waals surface area contributed by atoms with Crippen molar-refractivity contribution < 1.29 is 18.3 Å². The van der Waals surface area contributed by atoms with Crippen molar-refractivity contribution >= 4 is 13.7 Å². The van der Waals surface area contributed by atoms with Gasteiger partial charge in [-0.1, -0.05) is 12.1 Å². The summed E-state index contributed by atoms with van der Waals surface area (Å²) in [5.41, 5.74) is 0.695. The highest BCUT2D eigenvalue weighted by molar-refractivity contribution is 7.59. The maximum absolute atomic E-state index is 12.5. The summed E-state index contributed by atoms with van der Waals surface area (Å²) in [4.78, 5) is 0. The molecule has 0 bridgehead atoms. The van der Waals surface area contributed by atoms with Gasteiger partial charge in [0.2, 0.25) is 0 Å². The summed E-state index contributed by atoms with van der Waals surface area (Å²) in [6.45, 7) is 3.81. The topological polar surface area (TPSA) is 68.5 Å². The van der Waals surface area contributed by atoms with Crippen molar-refractivity contribution in [2.24, 2.45) is 0 Å². The van der Waals surface area contributed by atoms with Crippen molar-refractivity contribution in [1.29, 1.82) is 5.26 Å². The van der Waals surface area contributed by atoms with Crippen LogP contribution in [0.2, 0.25) is 0 Å². The van der Waals surface area contributed by atoms with Crippen LogP contribution in [0.25, 0.3) is 6.08 Å². The van der Waals surface area contributed by atoms with Crippen LogP contribution in [0.3, 0.4) is 0 Å². The van der Waals surface area contributed by atoms with Gasteiger partial charge in [-0.2, -0.15) is 5.26 Å². The molecule has 20 heavy (non-hydrogen) atoms. The first-order valence-corrected chi connectivity index (χ1v) is 7.79. The number of hydrogen-bond acceptors (Lipinski definition) is 5. The molecule has 1 aromatic rings. The van der Waals surface area contributed by atoms with Gasteiger partial charge in [0.25, 0.3) is 0 Å². The maximum Gasteiger partial charge on any atom is 0.371 e. The summed E-state index contributed by atoms with van der Waals surface area (Å²) in [7, 11) is -2.00. The van der Waals surface area contributed by atoms with Crippen LogP contribution in [0.1, 0.15) is 19.4 Å².